The first kappa shape index (κ1) is 7.79. The fourth-order valence-corrected chi connectivity index (χ4v) is 0.936. The zero-order chi connectivity index (χ0) is 8.43. The number of hydrogen-bond acceptors (Lipinski definition) is 2. The highest BCUT2D eigenvalue weighted by molar-refractivity contribution is 5.76. The maximum atomic E-state index is 10.3. The molecule has 0 aliphatic rings. The van der Waals surface area contributed by atoms with Crippen LogP contribution >= 0.6 is 0 Å². The maximum absolute atomic E-state index is 10.3. The Morgan fingerprint density at radius 1 is 1.36 bits per heavy atom. The summed E-state index contributed by atoms with van der Waals surface area (Å²) in [7, 11) is 0. The Morgan fingerprint density at radius 2 is 2.00 bits per heavy atom. The molecule has 0 atom stereocenters. The van der Waals surface area contributed by atoms with Crippen LogP contribution in [0.25, 0.3) is 0 Å². The van der Waals surface area contributed by atoms with E-state index in [4.69, 9.17) is 0 Å². The van der Waals surface area contributed by atoms with Crippen LogP contribution in [-0.2, 0) is 0 Å². The van der Waals surface area contributed by atoms with Gasteiger partial charge in [0, 0.05) is 5.56 Å². The van der Waals surface area contributed by atoms with Crippen LogP contribution in [0.3, 0.4) is 0 Å². The van der Waals surface area contributed by atoms with Crippen molar-refractivity contribution in [1.29, 1.82) is 0 Å². The summed E-state index contributed by atoms with van der Waals surface area (Å²) in [5.74, 6) is 0.187. The highest BCUT2D eigenvalue weighted by Crippen LogP contribution is 2.20. The van der Waals surface area contributed by atoms with Crippen LogP contribution in [0.1, 0.15) is 21.5 Å². The van der Waals surface area contributed by atoms with Crippen LogP contribution in [0.15, 0.2) is 12.1 Å². The van der Waals surface area contributed by atoms with Gasteiger partial charge in [-0.25, -0.2) is 0 Å². The summed E-state index contributed by atoms with van der Waals surface area (Å²) < 4.78 is 0. The minimum absolute atomic E-state index is 0.187. The SMILES string of the molecule is Cc1cc(C=O)cc(O)c1C. The second-order valence-corrected chi connectivity index (χ2v) is 2.60. The number of aryl methyl sites for hydroxylation is 1. The van der Waals surface area contributed by atoms with Gasteiger partial charge in [-0.05, 0) is 37.1 Å². The summed E-state index contributed by atoms with van der Waals surface area (Å²) in [6, 6.07) is 3.22. The second kappa shape index (κ2) is 2.74. The van der Waals surface area contributed by atoms with E-state index in [1.54, 1.807) is 6.07 Å². The van der Waals surface area contributed by atoms with Crippen LogP contribution in [0.2, 0.25) is 0 Å². The molecule has 0 aliphatic carbocycles. The van der Waals surface area contributed by atoms with Crippen molar-refractivity contribution in [2.45, 2.75) is 13.8 Å². The van der Waals surface area contributed by atoms with Gasteiger partial charge >= 0.3 is 0 Å². The van der Waals surface area contributed by atoms with Crippen LogP contribution in [-0.4, -0.2) is 11.4 Å². The van der Waals surface area contributed by atoms with Crippen molar-refractivity contribution >= 4 is 6.29 Å². The normalized spacial score (nSPS) is 9.64. The van der Waals surface area contributed by atoms with E-state index in [0.29, 0.717) is 5.56 Å². The standard InChI is InChI=1S/C9H10O2/c1-6-3-8(5-10)4-9(11)7(6)2/h3-5,11H,1-2H3. The van der Waals surface area contributed by atoms with Gasteiger partial charge in [0.1, 0.15) is 12.0 Å². The molecule has 0 saturated carbocycles. The van der Waals surface area contributed by atoms with Gasteiger partial charge < -0.3 is 5.11 Å². The van der Waals surface area contributed by atoms with E-state index in [-0.39, 0.29) is 5.75 Å². The average Bonchev–Trinajstić information content (AvgIpc) is 1.99. The van der Waals surface area contributed by atoms with E-state index in [1.807, 2.05) is 13.8 Å². The molecule has 0 fully saturated rings. The van der Waals surface area contributed by atoms with Gasteiger partial charge in [0.05, 0.1) is 0 Å². The number of hydrogen-bond donors (Lipinski definition) is 1. The van der Waals surface area contributed by atoms with E-state index in [9.17, 15) is 9.90 Å². The van der Waals surface area contributed by atoms with Crippen LogP contribution in [0, 0.1) is 13.8 Å². The molecule has 58 valence electrons. The quantitative estimate of drug-likeness (QED) is 0.620. The second-order valence-electron chi connectivity index (χ2n) is 2.60. The predicted octanol–water partition coefficient (Wildman–Crippen LogP) is 1.82. The molecule has 0 unspecified atom stereocenters. The molecule has 1 N–H and O–H groups in total. The van der Waals surface area contributed by atoms with Gasteiger partial charge in [-0.15, -0.1) is 0 Å². The minimum atomic E-state index is 0.187. The summed E-state index contributed by atoms with van der Waals surface area (Å²) in [6.07, 6.45) is 0.728. The van der Waals surface area contributed by atoms with Crippen LogP contribution in [0.4, 0.5) is 0 Å². The molecule has 0 aliphatic heterocycles. The Bertz CT molecular complexity index is 267. The number of rotatable bonds is 1. The van der Waals surface area contributed by atoms with Crippen LogP contribution < -0.4 is 0 Å². The van der Waals surface area contributed by atoms with Gasteiger partial charge in [-0.1, -0.05) is 0 Å². The fourth-order valence-electron chi connectivity index (χ4n) is 0.936. The maximum Gasteiger partial charge on any atom is 0.150 e. The molecule has 0 aromatic heterocycles. The summed E-state index contributed by atoms with van der Waals surface area (Å²) in [6.45, 7) is 3.68. The lowest BCUT2D eigenvalue weighted by atomic mass is 10.1. The Morgan fingerprint density at radius 3 is 2.45 bits per heavy atom. The molecule has 0 spiro atoms. The lowest BCUT2D eigenvalue weighted by Crippen LogP contribution is -1.86. The molecule has 0 heterocycles. The number of benzene rings is 1. The topological polar surface area (TPSA) is 37.3 Å². The largest absolute Gasteiger partial charge is 0.508 e. The van der Waals surface area contributed by atoms with Crippen molar-refractivity contribution in [3.8, 4) is 5.75 Å². The van der Waals surface area contributed by atoms with Crippen LogP contribution in [0.5, 0.6) is 5.75 Å². The molecule has 0 radical (unpaired) electrons. The third kappa shape index (κ3) is 1.40. The number of carbonyl (C=O) groups excluding carboxylic acids is 1. The van der Waals surface area contributed by atoms with Gasteiger partial charge in [0.25, 0.3) is 0 Å². The van der Waals surface area contributed by atoms with Crippen molar-refractivity contribution in [2.75, 3.05) is 0 Å². The molecule has 1 aromatic carbocycles. The molecule has 2 nitrogen and oxygen atoms in total. The first-order valence-electron chi connectivity index (χ1n) is 3.40. The Kier molecular flexibility index (Phi) is 1.94. The monoisotopic (exact) mass is 150 g/mol. The summed E-state index contributed by atoms with van der Waals surface area (Å²) in [5, 5.41) is 9.25. The molecule has 2 heteroatoms. The molecular weight excluding hydrogens is 140 g/mol. The number of phenolic OH excluding ortho intramolecular Hbond substituents is 1. The fraction of sp³-hybridized carbons (Fsp3) is 0.222. The Balaban J connectivity index is 3.31. The zero-order valence-corrected chi connectivity index (χ0v) is 6.59. The summed E-state index contributed by atoms with van der Waals surface area (Å²) >= 11 is 0. The summed E-state index contributed by atoms with van der Waals surface area (Å²) in [5.41, 5.74) is 2.29. The van der Waals surface area contributed by atoms with E-state index < -0.39 is 0 Å². The van der Waals surface area contributed by atoms with Crippen molar-refractivity contribution in [1.82, 2.24) is 0 Å². The third-order valence-electron chi connectivity index (χ3n) is 1.80. The first-order valence-corrected chi connectivity index (χ1v) is 3.40. The van der Waals surface area contributed by atoms with Gasteiger partial charge in [-0.2, -0.15) is 0 Å². The van der Waals surface area contributed by atoms with E-state index in [1.165, 1.54) is 6.07 Å². The molecular formula is C9H10O2. The smallest absolute Gasteiger partial charge is 0.150 e. The Hall–Kier alpha value is -1.31. The molecule has 1 aromatic rings. The molecule has 0 saturated heterocycles. The van der Waals surface area contributed by atoms with Crippen molar-refractivity contribution in [2.24, 2.45) is 0 Å². The lowest BCUT2D eigenvalue weighted by molar-refractivity contribution is 0.112. The molecule has 1 rings (SSSR count). The number of phenols is 1. The van der Waals surface area contributed by atoms with Crippen molar-refractivity contribution in [3.05, 3.63) is 28.8 Å². The first-order chi connectivity index (χ1) is 5.15. The van der Waals surface area contributed by atoms with Gasteiger partial charge in [0.2, 0.25) is 0 Å². The lowest BCUT2D eigenvalue weighted by Gasteiger charge is -2.02. The molecule has 0 amide bonds. The minimum Gasteiger partial charge on any atom is -0.508 e. The summed E-state index contributed by atoms with van der Waals surface area (Å²) in [4.78, 5) is 10.3. The average molecular weight is 150 g/mol. The molecule has 11 heavy (non-hydrogen) atoms. The highest BCUT2D eigenvalue weighted by Gasteiger charge is 2.00. The zero-order valence-electron chi connectivity index (χ0n) is 6.59. The predicted molar refractivity (Wildman–Crippen MR) is 43.0 cm³/mol. The Labute approximate surface area is 65.5 Å². The van der Waals surface area contributed by atoms with E-state index in [0.717, 1.165) is 17.4 Å². The van der Waals surface area contributed by atoms with E-state index in [2.05, 4.69) is 0 Å². The molecule has 0 bridgehead atoms. The van der Waals surface area contributed by atoms with Gasteiger partial charge in [0.15, 0.2) is 0 Å². The van der Waals surface area contributed by atoms with Crippen molar-refractivity contribution < 1.29 is 9.90 Å². The number of carbonyl (C=O) groups is 1. The van der Waals surface area contributed by atoms with E-state index >= 15 is 0 Å². The third-order valence-corrected chi connectivity index (χ3v) is 1.80. The number of aldehydes is 1. The van der Waals surface area contributed by atoms with Crippen molar-refractivity contribution in [3.63, 3.8) is 0 Å². The highest BCUT2D eigenvalue weighted by atomic mass is 16.3. The number of aromatic hydroxyl groups is 1. The van der Waals surface area contributed by atoms with Gasteiger partial charge in [-0.3, -0.25) is 4.79 Å².